The van der Waals surface area contributed by atoms with Crippen molar-refractivity contribution in [3.63, 3.8) is 0 Å². The van der Waals surface area contributed by atoms with E-state index < -0.39 is 0 Å². The molecule has 1 amide bonds. The summed E-state index contributed by atoms with van der Waals surface area (Å²) in [7, 11) is 1.34. The average Bonchev–Trinajstić information content (AvgIpc) is 2.47. The largest absolute Gasteiger partial charge is 0.469 e. The number of rotatable bonds is 3. The van der Waals surface area contributed by atoms with Crippen LogP contribution in [0.25, 0.3) is 0 Å². The van der Waals surface area contributed by atoms with Crippen molar-refractivity contribution in [3.05, 3.63) is 12.7 Å². The highest BCUT2D eigenvalue weighted by molar-refractivity contribution is 5.86. The summed E-state index contributed by atoms with van der Waals surface area (Å²) in [5.41, 5.74) is 0. The van der Waals surface area contributed by atoms with E-state index >= 15 is 0 Å². The number of ether oxygens (including phenoxy) is 1. The van der Waals surface area contributed by atoms with Crippen LogP contribution in [0.15, 0.2) is 12.7 Å². The van der Waals surface area contributed by atoms with Crippen molar-refractivity contribution in [3.8, 4) is 0 Å². The predicted octanol–water partition coefficient (Wildman–Crippen LogP) is 0.194. The van der Waals surface area contributed by atoms with Crippen LogP contribution in [0.3, 0.4) is 0 Å². The van der Waals surface area contributed by atoms with E-state index in [1.54, 1.807) is 11.0 Å². The Labute approximate surface area is 77.2 Å². The van der Waals surface area contributed by atoms with Crippen molar-refractivity contribution >= 4 is 11.9 Å². The second-order valence-electron chi connectivity index (χ2n) is 3.01. The summed E-state index contributed by atoms with van der Waals surface area (Å²) in [6.45, 7) is 4.50. The van der Waals surface area contributed by atoms with Crippen LogP contribution in [0.5, 0.6) is 0 Å². The number of esters is 1. The lowest BCUT2D eigenvalue weighted by Gasteiger charge is -2.12. The number of nitrogens with zero attached hydrogens (tertiary/aromatic N) is 1. The van der Waals surface area contributed by atoms with Gasteiger partial charge in [-0.1, -0.05) is 6.08 Å². The van der Waals surface area contributed by atoms with Gasteiger partial charge in [0.1, 0.15) is 0 Å². The highest BCUT2D eigenvalue weighted by Gasteiger charge is 2.34. The predicted molar refractivity (Wildman–Crippen MR) is 46.9 cm³/mol. The molecule has 0 saturated carbocycles. The lowest BCUT2D eigenvalue weighted by atomic mass is 10.1. The monoisotopic (exact) mass is 183 g/mol. The smallest absolute Gasteiger partial charge is 0.310 e. The molecule has 1 atom stereocenters. The maximum Gasteiger partial charge on any atom is 0.310 e. The van der Waals surface area contributed by atoms with Gasteiger partial charge in [-0.25, -0.2) is 0 Å². The Hall–Kier alpha value is -1.32. The Bertz CT molecular complexity index is 237. The zero-order chi connectivity index (χ0) is 9.84. The fraction of sp³-hybridized carbons (Fsp3) is 0.556. The van der Waals surface area contributed by atoms with Crippen molar-refractivity contribution in [1.82, 2.24) is 4.90 Å². The molecule has 0 bridgehead atoms. The normalized spacial score (nSPS) is 21.8. The van der Waals surface area contributed by atoms with Gasteiger partial charge in [0.25, 0.3) is 0 Å². The van der Waals surface area contributed by atoms with Gasteiger partial charge < -0.3 is 9.64 Å². The van der Waals surface area contributed by atoms with Gasteiger partial charge in [0.05, 0.1) is 13.0 Å². The number of hydrogen-bond acceptors (Lipinski definition) is 3. The molecule has 1 fully saturated rings. The fourth-order valence-electron chi connectivity index (χ4n) is 1.43. The first-order valence-electron chi connectivity index (χ1n) is 4.15. The van der Waals surface area contributed by atoms with Crippen LogP contribution in [0.2, 0.25) is 0 Å². The molecular weight excluding hydrogens is 170 g/mol. The van der Waals surface area contributed by atoms with Gasteiger partial charge in [0.15, 0.2) is 0 Å². The Balaban J connectivity index is 2.54. The van der Waals surface area contributed by atoms with Crippen molar-refractivity contribution < 1.29 is 14.3 Å². The second kappa shape index (κ2) is 4.07. The van der Waals surface area contributed by atoms with Crippen molar-refractivity contribution in [2.45, 2.75) is 6.42 Å². The molecule has 4 heteroatoms. The van der Waals surface area contributed by atoms with Gasteiger partial charge in [-0.3, -0.25) is 9.59 Å². The van der Waals surface area contributed by atoms with E-state index in [9.17, 15) is 9.59 Å². The number of likely N-dealkylation sites (tertiary alicyclic amines) is 1. The van der Waals surface area contributed by atoms with E-state index in [0.29, 0.717) is 13.1 Å². The van der Waals surface area contributed by atoms with Gasteiger partial charge in [0.2, 0.25) is 5.91 Å². The van der Waals surface area contributed by atoms with Crippen LogP contribution < -0.4 is 0 Å². The number of amides is 1. The van der Waals surface area contributed by atoms with E-state index in [-0.39, 0.29) is 24.2 Å². The van der Waals surface area contributed by atoms with Crippen molar-refractivity contribution in [1.29, 1.82) is 0 Å². The molecule has 0 unspecified atom stereocenters. The molecule has 4 nitrogen and oxygen atoms in total. The van der Waals surface area contributed by atoms with E-state index in [0.717, 1.165) is 0 Å². The fourth-order valence-corrected chi connectivity index (χ4v) is 1.43. The third kappa shape index (κ3) is 2.08. The van der Waals surface area contributed by atoms with Gasteiger partial charge in [-0.05, 0) is 0 Å². The zero-order valence-corrected chi connectivity index (χ0v) is 7.66. The molecule has 72 valence electrons. The van der Waals surface area contributed by atoms with E-state index in [1.807, 2.05) is 0 Å². The van der Waals surface area contributed by atoms with E-state index in [2.05, 4.69) is 11.3 Å². The Morgan fingerprint density at radius 3 is 3.08 bits per heavy atom. The summed E-state index contributed by atoms with van der Waals surface area (Å²) >= 11 is 0. The molecule has 0 spiro atoms. The zero-order valence-electron chi connectivity index (χ0n) is 7.66. The van der Waals surface area contributed by atoms with Crippen LogP contribution in [0.4, 0.5) is 0 Å². The maximum absolute atomic E-state index is 11.3. The Kier molecular flexibility index (Phi) is 3.06. The standard InChI is InChI=1S/C9H13NO3/c1-3-4-10-6-7(5-8(10)11)9(12)13-2/h3,7H,1,4-6H2,2H3/t7-/m1/s1. The van der Waals surface area contributed by atoms with Gasteiger partial charge in [-0.15, -0.1) is 6.58 Å². The van der Waals surface area contributed by atoms with Gasteiger partial charge in [-0.2, -0.15) is 0 Å². The number of carbonyl (C=O) groups excluding carboxylic acids is 2. The van der Waals surface area contributed by atoms with E-state index in [1.165, 1.54) is 7.11 Å². The summed E-state index contributed by atoms with van der Waals surface area (Å²) in [6, 6.07) is 0. The number of hydrogen-bond donors (Lipinski definition) is 0. The molecule has 0 N–H and O–H groups in total. The maximum atomic E-state index is 11.3. The lowest BCUT2D eigenvalue weighted by Crippen LogP contribution is -2.26. The van der Waals surface area contributed by atoms with Crippen LogP contribution >= 0.6 is 0 Å². The summed E-state index contributed by atoms with van der Waals surface area (Å²) < 4.78 is 4.57. The topological polar surface area (TPSA) is 46.6 Å². The van der Waals surface area contributed by atoms with Crippen LogP contribution in [0, 0.1) is 5.92 Å². The molecule has 0 aromatic carbocycles. The summed E-state index contributed by atoms with van der Waals surface area (Å²) in [6.07, 6.45) is 1.91. The molecule has 1 saturated heterocycles. The second-order valence-corrected chi connectivity index (χ2v) is 3.01. The summed E-state index contributed by atoms with van der Waals surface area (Å²) in [5.74, 6) is -0.604. The minimum atomic E-state index is -0.306. The summed E-state index contributed by atoms with van der Waals surface area (Å²) in [5, 5.41) is 0. The third-order valence-corrected chi connectivity index (χ3v) is 2.10. The lowest BCUT2D eigenvalue weighted by molar-refractivity contribution is -0.145. The molecular formula is C9H13NO3. The molecule has 0 aromatic rings. The molecule has 0 aromatic heterocycles. The van der Waals surface area contributed by atoms with Crippen molar-refractivity contribution in [2.24, 2.45) is 5.92 Å². The van der Waals surface area contributed by atoms with Crippen LogP contribution in [0.1, 0.15) is 6.42 Å². The average molecular weight is 183 g/mol. The Morgan fingerprint density at radius 1 is 1.85 bits per heavy atom. The Morgan fingerprint density at radius 2 is 2.54 bits per heavy atom. The first-order valence-corrected chi connectivity index (χ1v) is 4.15. The first-order chi connectivity index (χ1) is 6.19. The van der Waals surface area contributed by atoms with Crippen LogP contribution in [-0.2, 0) is 14.3 Å². The van der Waals surface area contributed by atoms with E-state index in [4.69, 9.17) is 0 Å². The molecule has 1 aliphatic heterocycles. The summed E-state index contributed by atoms with van der Waals surface area (Å²) in [4.78, 5) is 24.0. The molecule has 0 radical (unpaired) electrons. The number of methoxy groups -OCH3 is 1. The highest BCUT2D eigenvalue weighted by atomic mass is 16.5. The number of carbonyl (C=O) groups is 2. The molecule has 1 aliphatic rings. The minimum Gasteiger partial charge on any atom is -0.469 e. The molecule has 1 heterocycles. The SMILES string of the molecule is C=CCN1C[C@H](C(=O)OC)CC1=O. The highest BCUT2D eigenvalue weighted by Crippen LogP contribution is 2.18. The molecule has 13 heavy (non-hydrogen) atoms. The minimum absolute atomic E-state index is 0.00435. The van der Waals surface area contributed by atoms with Crippen LogP contribution in [-0.4, -0.2) is 37.0 Å². The van der Waals surface area contributed by atoms with Gasteiger partial charge in [0, 0.05) is 19.5 Å². The van der Waals surface area contributed by atoms with Gasteiger partial charge >= 0.3 is 5.97 Å². The molecule has 1 rings (SSSR count). The first kappa shape index (κ1) is 9.77. The van der Waals surface area contributed by atoms with Crippen molar-refractivity contribution in [2.75, 3.05) is 20.2 Å². The quantitative estimate of drug-likeness (QED) is 0.463. The molecule has 0 aliphatic carbocycles. The third-order valence-electron chi connectivity index (χ3n) is 2.10.